The maximum absolute atomic E-state index is 13.5. The van der Waals surface area contributed by atoms with Gasteiger partial charge in [0.1, 0.15) is 5.69 Å². The van der Waals surface area contributed by atoms with E-state index < -0.39 is 10.0 Å². The summed E-state index contributed by atoms with van der Waals surface area (Å²) in [4.78, 5) is 14.9. The fourth-order valence-corrected chi connectivity index (χ4v) is 5.79. The molecule has 0 aliphatic heterocycles. The van der Waals surface area contributed by atoms with Crippen LogP contribution >= 0.6 is 11.3 Å². The first-order chi connectivity index (χ1) is 16.3. The van der Waals surface area contributed by atoms with Crippen LogP contribution in [0.1, 0.15) is 46.7 Å². The van der Waals surface area contributed by atoms with Crippen LogP contribution < -0.4 is 5.32 Å². The van der Waals surface area contributed by atoms with Gasteiger partial charge in [-0.05, 0) is 47.7 Å². The van der Waals surface area contributed by atoms with Crippen molar-refractivity contribution >= 4 is 38.2 Å². The summed E-state index contributed by atoms with van der Waals surface area (Å²) in [6, 6.07) is 20.7. The zero-order valence-corrected chi connectivity index (χ0v) is 21.2. The fourth-order valence-electron chi connectivity index (χ4n) is 4.04. The van der Waals surface area contributed by atoms with Gasteiger partial charge >= 0.3 is 0 Å². The minimum Gasteiger partial charge on any atom is -0.343 e. The summed E-state index contributed by atoms with van der Waals surface area (Å²) < 4.78 is 28.5. The summed E-state index contributed by atoms with van der Waals surface area (Å²) in [5.41, 5.74) is 2.38. The van der Waals surface area contributed by atoms with E-state index in [1.165, 1.54) is 18.4 Å². The Morgan fingerprint density at radius 3 is 2.47 bits per heavy atom. The molecular weight excluding hydrogens is 466 g/mol. The van der Waals surface area contributed by atoms with E-state index in [0.29, 0.717) is 17.6 Å². The van der Waals surface area contributed by atoms with Gasteiger partial charge in [-0.3, -0.25) is 4.79 Å². The van der Waals surface area contributed by atoms with E-state index in [2.05, 4.69) is 12.2 Å². The number of nitrogens with zero attached hydrogens (tertiary/aromatic N) is 2. The van der Waals surface area contributed by atoms with Gasteiger partial charge in [-0.1, -0.05) is 49.7 Å². The van der Waals surface area contributed by atoms with Crippen LogP contribution in [0.3, 0.4) is 0 Å². The first-order valence-electron chi connectivity index (χ1n) is 11.2. The Bertz CT molecular complexity index is 1380. The number of aromatic nitrogens is 1. The first kappa shape index (κ1) is 24.2. The summed E-state index contributed by atoms with van der Waals surface area (Å²) in [5.74, 6) is -0.170. The molecule has 0 saturated heterocycles. The number of rotatable bonds is 9. The number of benzene rings is 2. The standard InChI is InChI=1S/C26H29N3O3S2/c1-4-9-22(25-12-8-15-33-25)27-26(30)24-17-20-16-21(34(31,32)28(2)3)13-14-23(20)29(24)18-19-10-6-5-7-11-19/h5-8,10-17,22H,4,9,18H2,1-3H3,(H,27,30). The molecule has 1 N–H and O–H groups in total. The average molecular weight is 496 g/mol. The number of fused-ring (bicyclic) bond motifs is 1. The maximum Gasteiger partial charge on any atom is 0.268 e. The number of sulfonamides is 1. The van der Waals surface area contributed by atoms with E-state index in [1.807, 2.05) is 52.4 Å². The number of carbonyl (C=O) groups excluding carboxylic acids is 1. The van der Waals surface area contributed by atoms with E-state index >= 15 is 0 Å². The molecule has 0 aliphatic carbocycles. The molecule has 0 radical (unpaired) electrons. The second-order valence-corrected chi connectivity index (χ2v) is 11.6. The van der Waals surface area contributed by atoms with Crippen molar-refractivity contribution in [2.24, 2.45) is 0 Å². The molecule has 0 aliphatic rings. The molecule has 34 heavy (non-hydrogen) atoms. The Labute approximate surface area is 204 Å². The van der Waals surface area contributed by atoms with Gasteiger partial charge in [0.2, 0.25) is 10.0 Å². The van der Waals surface area contributed by atoms with Crippen molar-refractivity contribution in [3.63, 3.8) is 0 Å². The third kappa shape index (κ3) is 4.94. The highest BCUT2D eigenvalue weighted by Crippen LogP contribution is 2.28. The molecule has 0 spiro atoms. The molecule has 8 heteroatoms. The molecule has 6 nitrogen and oxygen atoms in total. The summed E-state index contributed by atoms with van der Waals surface area (Å²) in [5, 5.41) is 5.94. The lowest BCUT2D eigenvalue weighted by Gasteiger charge is -2.18. The van der Waals surface area contributed by atoms with Gasteiger partial charge < -0.3 is 9.88 Å². The molecule has 0 fully saturated rings. The van der Waals surface area contributed by atoms with Crippen LogP contribution in [0, 0.1) is 0 Å². The van der Waals surface area contributed by atoms with Crippen LogP contribution in [-0.4, -0.2) is 37.3 Å². The van der Waals surface area contributed by atoms with Crippen LogP contribution in [0.2, 0.25) is 0 Å². The van der Waals surface area contributed by atoms with Crippen molar-refractivity contribution in [1.82, 2.24) is 14.2 Å². The number of carbonyl (C=O) groups is 1. The van der Waals surface area contributed by atoms with Crippen molar-refractivity contribution in [1.29, 1.82) is 0 Å². The predicted molar refractivity (Wildman–Crippen MR) is 138 cm³/mol. The maximum atomic E-state index is 13.5. The van der Waals surface area contributed by atoms with Gasteiger partial charge in [-0.25, -0.2) is 12.7 Å². The summed E-state index contributed by atoms with van der Waals surface area (Å²) >= 11 is 1.63. The van der Waals surface area contributed by atoms with Crippen molar-refractivity contribution in [2.75, 3.05) is 14.1 Å². The largest absolute Gasteiger partial charge is 0.343 e. The Morgan fingerprint density at radius 1 is 1.06 bits per heavy atom. The van der Waals surface area contributed by atoms with Gasteiger partial charge in [-0.15, -0.1) is 11.3 Å². The van der Waals surface area contributed by atoms with Crippen LogP contribution in [0.4, 0.5) is 0 Å². The minimum atomic E-state index is -3.58. The lowest BCUT2D eigenvalue weighted by atomic mass is 10.1. The van der Waals surface area contributed by atoms with Gasteiger partial charge in [0.05, 0.1) is 10.9 Å². The van der Waals surface area contributed by atoms with E-state index in [9.17, 15) is 13.2 Å². The van der Waals surface area contributed by atoms with E-state index in [4.69, 9.17) is 0 Å². The number of nitrogens with one attached hydrogen (secondary N) is 1. The van der Waals surface area contributed by atoms with E-state index in [1.54, 1.807) is 35.6 Å². The van der Waals surface area contributed by atoms with Crippen molar-refractivity contribution in [3.05, 3.63) is 88.2 Å². The summed E-state index contributed by atoms with van der Waals surface area (Å²) in [6.45, 7) is 2.61. The predicted octanol–water partition coefficient (Wildman–Crippen LogP) is 5.27. The van der Waals surface area contributed by atoms with Crippen molar-refractivity contribution in [2.45, 2.75) is 37.2 Å². The third-order valence-electron chi connectivity index (χ3n) is 5.84. The lowest BCUT2D eigenvalue weighted by molar-refractivity contribution is 0.0926. The van der Waals surface area contributed by atoms with Gasteiger partial charge in [0.25, 0.3) is 5.91 Å². The molecule has 2 heterocycles. The quantitative estimate of drug-likeness (QED) is 0.344. The van der Waals surface area contributed by atoms with Gasteiger partial charge in [0, 0.05) is 36.4 Å². The molecule has 2 aromatic heterocycles. The van der Waals surface area contributed by atoms with Crippen LogP contribution in [0.25, 0.3) is 10.9 Å². The van der Waals surface area contributed by atoms with Crippen LogP contribution in [-0.2, 0) is 16.6 Å². The number of thiophene rings is 1. The molecule has 4 rings (SSSR count). The average Bonchev–Trinajstić information content (AvgIpc) is 3.48. The Balaban J connectivity index is 1.78. The molecule has 0 saturated carbocycles. The Kier molecular flexibility index (Phi) is 7.21. The Hall–Kier alpha value is -2.94. The second kappa shape index (κ2) is 10.1. The molecule has 2 aromatic carbocycles. The highest BCUT2D eigenvalue weighted by Gasteiger charge is 2.23. The molecule has 1 amide bonds. The fraction of sp³-hybridized carbons (Fsp3) is 0.269. The number of hydrogen-bond acceptors (Lipinski definition) is 4. The normalized spacial score (nSPS) is 12.8. The summed E-state index contributed by atoms with van der Waals surface area (Å²) in [7, 11) is -0.559. The molecule has 178 valence electrons. The first-order valence-corrected chi connectivity index (χ1v) is 13.6. The summed E-state index contributed by atoms with van der Waals surface area (Å²) in [6.07, 6.45) is 1.79. The third-order valence-corrected chi connectivity index (χ3v) is 8.63. The number of hydrogen-bond donors (Lipinski definition) is 1. The minimum absolute atomic E-state index is 0.0645. The molecule has 1 atom stereocenters. The highest BCUT2D eigenvalue weighted by molar-refractivity contribution is 7.89. The smallest absolute Gasteiger partial charge is 0.268 e. The zero-order valence-electron chi connectivity index (χ0n) is 19.6. The van der Waals surface area contributed by atoms with Crippen molar-refractivity contribution < 1.29 is 13.2 Å². The van der Waals surface area contributed by atoms with Crippen molar-refractivity contribution in [3.8, 4) is 0 Å². The van der Waals surface area contributed by atoms with E-state index in [0.717, 1.165) is 28.8 Å². The molecule has 4 aromatic rings. The lowest BCUT2D eigenvalue weighted by Crippen LogP contribution is -2.30. The number of amides is 1. The zero-order chi connectivity index (χ0) is 24.3. The topological polar surface area (TPSA) is 71.4 Å². The monoisotopic (exact) mass is 495 g/mol. The van der Waals surface area contributed by atoms with Crippen LogP contribution in [0.15, 0.2) is 77.0 Å². The molecular formula is C26H29N3O3S2. The van der Waals surface area contributed by atoms with Gasteiger partial charge in [0.15, 0.2) is 0 Å². The SMILES string of the molecule is CCCC(NC(=O)c1cc2cc(S(=O)(=O)N(C)C)ccc2n1Cc1ccccc1)c1cccs1. The van der Waals surface area contributed by atoms with Gasteiger partial charge in [-0.2, -0.15) is 0 Å². The van der Waals surface area contributed by atoms with Crippen LogP contribution in [0.5, 0.6) is 0 Å². The second-order valence-electron chi connectivity index (χ2n) is 8.44. The molecule has 0 bridgehead atoms. The molecule has 1 unspecified atom stereocenters. The van der Waals surface area contributed by atoms with E-state index in [-0.39, 0.29) is 16.8 Å². The Morgan fingerprint density at radius 2 is 1.82 bits per heavy atom. The highest BCUT2D eigenvalue weighted by atomic mass is 32.2.